The molecule has 1 aromatic carbocycles. The van der Waals surface area contributed by atoms with Gasteiger partial charge in [0.2, 0.25) is 15.9 Å². The number of hydrogen-bond donors (Lipinski definition) is 3. The first-order valence-corrected chi connectivity index (χ1v) is 7.46. The van der Waals surface area contributed by atoms with E-state index >= 15 is 0 Å². The van der Waals surface area contributed by atoms with Gasteiger partial charge in [0, 0.05) is 22.6 Å². The Hall–Kier alpha value is -1.19. The molecule has 0 aromatic heterocycles. The number of anilines is 1. The zero-order chi connectivity index (χ0) is 14.8. The van der Waals surface area contributed by atoms with Gasteiger partial charge in [-0.05, 0) is 35.0 Å². The SMILES string of the molecule is CC(CC(N)=O)NS(=O)(=O)c1cc(N)c(Br)cc1F. The maximum Gasteiger partial charge on any atom is 0.243 e. The molecule has 0 radical (unpaired) electrons. The van der Waals surface area contributed by atoms with Crippen molar-refractivity contribution < 1.29 is 17.6 Å². The molecule has 0 aliphatic carbocycles. The lowest BCUT2D eigenvalue weighted by Gasteiger charge is -2.13. The fourth-order valence-electron chi connectivity index (χ4n) is 1.42. The van der Waals surface area contributed by atoms with Crippen molar-refractivity contribution >= 4 is 37.5 Å². The van der Waals surface area contributed by atoms with E-state index in [1.807, 2.05) is 0 Å². The number of amides is 1. The molecular formula is C10H13BrFN3O3S. The molecule has 0 heterocycles. The number of rotatable bonds is 5. The van der Waals surface area contributed by atoms with Crippen molar-refractivity contribution in [3.8, 4) is 0 Å². The lowest BCUT2D eigenvalue weighted by Crippen LogP contribution is -2.36. The molecule has 1 aromatic rings. The van der Waals surface area contributed by atoms with Gasteiger partial charge < -0.3 is 11.5 Å². The van der Waals surface area contributed by atoms with Crippen molar-refractivity contribution in [2.24, 2.45) is 5.73 Å². The monoisotopic (exact) mass is 353 g/mol. The molecule has 6 nitrogen and oxygen atoms in total. The minimum atomic E-state index is -4.11. The Morgan fingerprint density at radius 3 is 2.63 bits per heavy atom. The van der Waals surface area contributed by atoms with Gasteiger partial charge >= 0.3 is 0 Å². The van der Waals surface area contributed by atoms with E-state index < -0.39 is 32.7 Å². The summed E-state index contributed by atoms with van der Waals surface area (Å²) in [5.41, 5.74) is 10.6. The molecule has 1 amide bonds. The molecule has 0 aliphatic rings. The van der Waals surface area contributed by atoms with Crippen LogP contribution in [0.15, 0.2) is 21.5 Å². The van der Waals surface area contributed by atoms with Crippen molar-refractivity contribution in [2.75, 3.05) is 5.73 Å². The highest BCUT2D eigenvalue weighted by atomic mass is 79.9. The van der Waals surface area contributed by atoms with Crippen LogP contribution < -0.4 is 16.2 Å². The molecule has 19 heavy (non-hydrogen) atoms. The Labute approximate surface area is 118 Å². The Morgan fingerprint density at radius 1 is 1.53 bits per heavy atom. The summed E-state index contributed by atoms with van der Waals surface area (Å²) >= 11 is 2.99. The number of nitrogen functional groups attached to an aromatic ring is 1. The summed E-state index contributed by atoms with van der Waals surface area (Å²) in [7, 11) is -4.11. The summed E-state index contributed by atoms with van der Waals surface area (Å²) in [4.78, 5) is 10.1. The molecule has 9 heteroatoms. The standard InChI is InChI=1S/C10H13BrFN3O3S/c1-5(2-10(14)16)15-19(17,18)9-4-8(13)6(11)3-7(9)12/h3-5,15H,2,13H2,1H3,(H2,14,16). The summed E-state index contributed by atoms with van der Waals surface area (Å²) in [5, 5.41) is 0. The van der Waals surface area contributed by atoms with Crippen LogP contribution in [-0.2, 0) is 14.8 Å². The maximum absolute atomic E-state index is 13.6. The second-order valence-corrected chi connectivity index (χ2v) is 6.53. The predicted molar refractivity (Wildman–Crippen MR) is 72.1 cm³/mol. The number of benzene rings is 1. The summed E-state index contributed by atoms with van der Waals surface area (Å²) in [5.74, 6) is -1.61. The highest BCUT2D eigenvalue weighted by molar-refractivity contribution is 9.10. The molecule has 5 N–H and O–H groups in total. The van der Waals surface area contributed by atoms with Crippen LogP contribution in [-0.4, -0.2) is 20.4 Å². The molecule has 0 spiro atoms. The highest BCUT2D eigenvalue weighted by Gasteiger charge is 2.23. The van der Waals surface area contributed by atoms with E-state index in [-0.39, 0.29) is 16.6 Å². The van der Waals surface area contributed by atoms with E-state index in [1.54, 1.807) is 0 Å². The second-order valence-electron chi connectivity index (χ2n) is 4.00. The van der Waals surface area contributed by atoms with Gasteiger partial charge in [-0.3, -0.25) is 4.79 Å². The van der Waals surface area contributed by atoms with Gasteiger partial charge in [-0.15, -0.1) is 0 Å². The zero-order valence-electron chi connectivity index (χ0n) is 9.98. The normalized spacial score (nSPS) is 13.2. The minimum Gasteiger partial charge on any atom is -0.398 e. The van der Waals surface area contributed by atoms with Crippen molar-refractivity contribution in [2.45, 2.75) is 24.3 Å². The average molecular weight is 354 g/mol. The van der Waals surface area contributed by atoms with E-state index in [2.05, 4.69) is 20.7 Å². The first-order valence-electron chi connectivity index (χ1n) is 5.18. The van der Waals surface area contributed by atoms with Crippen LogP contribution in [0.3, 0.4) is 0 Å². The number of nitrogens with two attached hydrogens (primary N) is 2. The van der Waals surface area contributed by atoms with E-state index in [1.165, 1.54) is 6.92 Å². The third kappa shape index (κ3) is 4.15. The van der Waals surface area contributed by atoms with Crippen LogP contribution in [0.25, 0.3) is 0 Å². The van der Waals surface area contributed by atoms with Crippen LogP contribution in [0.1, 0.15) is 13.3 Å². The van der Waals surface area contributed by atoms with Crippen molar-refractivity contribution in [3.05, 3.63) is 22.4 Å². The maximum atomic E-state index is 13.6. The quantitative estimate of drug-likeness (QED) is 0.676. The van der Waals surface area contributed by atoms with Gasteiger partial charge in [-0.25, -0.2) is 17.5 Å². The van der Waals surface area contributed by atoms with Crippen molar-refractivity contribution in [3.63, 3.8) is 0 Å². The first kappa shape index (κ1) is 15.9. The lowest BCUT2D eigenvalue weighted by atomic mass is 10.2. The Morgan fingerprint density at radius 2 is 2.11 bits per heavy atom. The molecule has 0 saturated heterocycles. The van der Waals surface area contributed by atoms with Gasteiger partial charge in [0.05, 0.1) is 0 Å². The average Bonchev–Trinajstić information content (AvgIpc) is 2.20. The van der Waals surface area contributed by atoms with E-state index in [0.29, 0.717) is 0 Å². The van der Waals surface area contributed by atoms with E-state index in [4.69, 9.17) is 11.5 Å². The number of primary amides is 1. The molecule has 1 rings (SSSR count). The summed E-state index contributed by atoms with van der Waals surface area (Å²) < 4.78 is 39.9. The van der Waals surface area contributed by atoms with Crippen LogP contribution in [0.2, 0.25) is 0 Å². The highest BCUT2D eigenvalue weighted by Crippen LogP contribution is 2.26. The fourth-order valence-corrected chi connectivity index (χ4v) is 3.08. The molecule has 0 saturated carbocycles. The molecular weight excluding hydrogens is 341 g/mol. The number of hydrogen-bond acceptors (Lipinski definition) is 4. The van der Waals surface area contributed by atoms with E-state index in [0.717, 1.165) is 12.1 Å². The van der Waals surface area contributed by atoms with Gasteiger partial charge in [-0.1, -0.05) is 0 Å². The number of carbonyl (C=O) groups excluding carboxylic acids is 1. The third-order valence-electron chi connectivity index (χ3n) is 2.20. The Kier molecular flexibility index (Phi) is 4.88. The minimum absolute atomic E-state index is 0.0873. The number of halogens is 2. The number of nitrogens with one attached hydrogen (secondary N) is 1. The fraction of sp³-hybridized carbons (Fsp3) is 0.300. The third-order valence-corrected chi connectivity index (χ3v) is 4.50. The first-order chi connectivity index (χ1) is 8.63. The second kappa shape index (κ2) is 5.85. The molecule has 0 bridgehead atoms. The smallest absolute Gasteiger partial charge is 0.243 e. The molecule has 0 aliphatic heterocycles. The van der Waals surface area contributed by atoms with Crippen LogP contribution in [0.4, 0.5) is 10.1 Å². The lowest BCUT2D eigenvalue weighted by molar-refractivity contribution is -0.118. The number of sulfonamides is 1. The van der Waals surface area contributed by atoms with Crippen LogP contribution in [0.5, 0.6) is 0 Å². The van der Waals surface area contributed by atoms with Gasteiger partial charge in [-0.2, -0.15) is 0 Å². The van der Waals surface area contributed by atoms with Gasteiger partial charge in [0.15, 0.2) is 0 Å². The van der Waals surface area contributed by atoms with Crippen LogP contribution in [0, 0.1) is 5.82 Å². The van der Waals surface area contributed by atoms with Gasteiger partial charge in [0.25, 0.3) is 0 Å². The molecule has 1 unspecified atom stereocenters. The molecule has 106 valence electrons. The zero-order valence-corrected chi connectivity index (χ0v) is 12.4. The summed E-state index contributed by atoms with van der Waals surface area (Å²) in [6, 6.07) is 1.22. The largest absolute Gasteiger partial charge is 0.398 e. The summed E-state index contributed by atoms with van der Waals surface area (Å²) in [6.45, 7) is 1.45. The predicted octanol–water partition coefficient (Wildman–Crippen LogP) is 0.713. The Bertz CT molecular complexity index is 606. The van der Waals surface area contributed by atoms with Crippen molar-refractivity contribution in [1.29, 1.82) is 0 Å². The topological polar surface area (TPSA) is 115 Å². The Balaban J connectivity index is 3.07. The number of carbonyl (C=O) groups is 1. The van der Waals surface area contributed by atoms with Gasteiger partial charge in [0.1, 0.15) is 10.7 Å². The van der Waals surface area contributed by atoms with Crippen molar-refractivity contribution in [1.82, 2.24) is 4.72 Å². The van der Waals surface area contributed by atoms with Crippen LogP contribution >= 0.6 is 15.9 Å². The van der Waals surface area contributed by atoms with E-state index in [9.17, 15) is 17.6 Å². The molecule has 1 atom stereocenters. The molecule has 0 fully saturated rings. The summed E-state index contributed by atoms with van der Waals surface area (Å²) in [6.07, 6.45) is -0.188.